The maximum atomic E-state index is 14.8. The molecule has 6 heterocycles. The van der Waals surface area contributed by atoms with Crippen molar-refractivity contribution in [3.8, 4) is 23.0 Å². The number of rotatable bonds is 24. The number of carbonyl (C=O) groups excluding carboxylic acids is 7. The number of aromatic nitrogens is 1. The van der Waals surface area contributed by atoms with Crippen molar-refractivity contribution in [1.82, 2.24) is 25.0 Å². The molecule has 20 nitrogen and oxygen atoms in total. The van der Waals surface area contributed by atoms with Crippen molar-refractivity contribution in [1.29, 1.82) is 0 Å². The van der Waals surface area contributed by atoms with Gasteiger partial charge in [-0.2, -0.15) is 0 Å². The Bertz CT molecular complexity index is 3950. The number of methoxy groups -OCH3 is 2. The molecule has 0 spiro atoms. The number of aryl methyl sites for hydroxylation is 1. The molecule has 0 bridgehead atoms. The largest absolute Gasteiger partial charge is 0.497 e. The van der Waals surface area contributed by atoms with E-state index in [0.29, 0.717) is 83.3 Å². The molecular weight excluding hydrogens is 1180 g/mol. The fourth-order valence-corrected chi connectivity index (χ4v) is 12.6. The van der Waals surface area contributed by atoms with E-state index in [0.717, 1.165) is 40.0 Å². The van der Waals surface area contributed by atoms with Crippen LogP contribution in [0.25, 0.3) is 0 Å². The number of ketones is 2. The van der Waals surface area contributed by atoms with Crippen LogP contribution >= 0.6 is 0 Å². The van der Waals surface area contributed by atoms with Crippen LogP contribution in [0.2, 0.25) is 0 Å². The fourth-order valence-electron chi connectivity index (χ4n) is 12.6. The molecule has 5 amide bonds. The first-order chi connectivity index (χ1) is 44.8. The van der Waals surface area contributed by atoms with Gasteiger partial charge in [0.25, 0.3) is 17.7 Å². The Kier molecular flexibility index (Phi) is 19.6. The molecule has 0 saturated heterocycles. The van der Waals surface area contributed by atoms with Crippen LogP contribution in [0.5, 0.6) is 23.0 Å². The van der Waals surface area contributed by atoms with Crippen molar-refractivity contribution in [3.05, 3.63) is 195 Å². The van der Waals surface area contributed by atoms with Crippen LogP contribution < -0.4 is 29.2 Å². The molecule has 2 N–H and O–H groups in total. The van der Waals surface area contributed by atoms with Gasteiger partial charge in [0.1, 0.15) is 37.1 Å². The van der Waals surface area contributed by atoms with Gasteiger partial charge in [0.2, 0.25) is 5.91 Å². The standard InChI is InChI=1S/C73H77N7O13/c1-43(2)58(33-56(81)19-9-8-14-26-77-45(4)20-25-68(77)83)69(84)75-46(5)64(82)28-47-21-23-48(24-22-47)40-93-73(88)80-62-36-67(66(90-7)34-60(62)71(86)79-39-52-18-13-11-16-50(52)30-63(79)72(80)87)92-42-54-32-57(89-6)31-53(76-54)41-91-65-35-61-59(27-44(65)3)70(85)78-38-51-17-12-10-15-49(51)29-55(78)37-74-61/h10-13,15-18,20-25,27,31-32,34-37,43,46,55,58,63,72,87H,4,8-9,14,19,26,28-30,33,38-42H2,1-3,5-7H3,(H,75,84)/t46-,55-,58-,63-,72?/m0/s1. The highest BCUT2D eigenvalue weighted by molar-refractivity contribution is 6.06. The number of anilines is 1. The highest BCUT2D eigenvalue weighted by atomic mass is 16.6. The van der Waals surface area contributed by atoms with Gasteiger partial charge < -0.3 is 48.8 Å². The Morgan fingerprint density at radius 3 is 2.03 bits per heavy atom. The quantitative estimate of drug-likeness (QED) is 0.0537. The Labute approximate surface area is 540 Å². The molecule has 0 aliphatic carbocycles. The van der Waals surface area contributed by atoms with E-state index in [1.807, 2.05) is 74.4 Å². The van der Waals surface area contributed by atoms with Gasteiger partial charge in [-0.3, -0.25) is 38.7 Å². The van der Waals surface area contributed by atoms with Crippen LogP contribution in [-0.2, 0) is 76.1 Å². The van der Waals surface area contributed by atoms with Crippen LogP contribution in [0.3, 0.4) is 0 Å². The molecule has 0 fully saturated rings. The lowest BCUT2D eigenvalue weighted by atomic mass is 9.88. The number of fused-ring (bicyclic) bond motifs is 6. The first-order valence-electron chi connectivity index (χ1n) is 31.6. The maximum absolute atomic E-state index is 14.8. The number of nitrogens with one attached hydrogen (secondary N) is 1. The van der Waals surface area contributed by atoms with E-state index >= 15 is 0 Å². The van der Waals surface area contributed by atoms with Crippen molar-refractivity contribution < 1.29 is 62.4 Å². The number of carbonyl (C=O) groups is 7. The molecule has 5 aromatic carbocycles. The summed E-state index contributed by atoms with van der Waals surface area (Å²) in [4.78, 5) is 111. The third-order valence-corrected chi connectivity index (χ3v) is 18.0. The van der Waals surface area contributed by atoms with Gasteiger partial charge in [0, 0.05) is 87.1 Å². The van der Waals surface area contributed by atoms with Crippen LogP contribution in [0.1, 0.15) is 124 Å². The topological polar surface area (TPSA) is 236 Å². The van der Waals surface area contributed by atoms with E-state index < -0.39 is 36.2 Å². The van der Waals surface area contributed by atoms with Gasteiger partial charge >= 0.3 is 6.09 Å². The number of aliphatic hydroxyl groups excluding tert-OH is 1. The monoisotopic (exact) mass is 1260 g/mol. The summed E-state index contributed by atoms with van der Waals surface area (Å²) in [6, 6.07) is 30.8. The van der Waals surface area contributed by atoms with Crippen molar-refractivity contribution in [2.75, 3.05) is 25.7 Å². The predicted molar refractivity (Wildman–Crippen MR) is 347 cm³/mol. The Hall–Kier alpha value is -9.95. The molecular formula is C73H77N7O13. The number of Topliss-reactive ketones (excluding diaryl/α,β-unsaturated/α-hetero) is 2. The second kappa shape index (κ2) is 28.3. The van der Waals surface area contributed by atoms with E-state index in [-0.39, 0.29) is 110 Å². The minimum atomic E-state index is -1.59. The third-order valence-electron chi connectivity index (χ3n) is 18.0. The molecule has 1 aromatic heterocycles. The Morgan fingerprint density at radius 1 is 0.710 bits per heavy atom. The number of aliphatic imine (C=N–C) groups is 1. The van der Waals surface area contributed by atoms with Crippen LogP contribution in [0.15, 0.2) is 139 Å². The number of aliphatic hydroxyl groups is 1. The van der Waals surface area contributed by atoms with E-state index in [9.17, 15) is 38.7 Å². The second-order valence-electron chi connectivity index (χ2n) is 24.7. The van der Waals surface area contributed by atoms with Gasteiger partial charge in [-0.1, -0.05) is 99.6 Å². The minimum Gasteiger partial charge on any atom is -0.497 e. The van der Waals surface area contributed by atoms with Gasteiger partial charge in [-0.05, 0) is 103 Å². The number of pyridine rings is 1. The zero-order chi connectivity index (χ0) is 65.6. The predicted octanol–water partition coefficient (Wildman–Crippen LogP) is 10.2. The number of nitrogens with zero attached hydrogens (tertiary/aromatic N) is 6. The Balaban J connectivity index is 0.743. The third kappa shape index (κ3) is 14.4. The molecule has 0 saturated carbocycles. The van der Waals surface area contributed by atoms with E-state index in [2.05, 4.69) is 24.0 Å². The zero-order valence-corrected chi connectivity index (χ0v) is 53.2. The first-order valence-corrected chi connectivity index (χ1v) is 31.6. The number of hydrogen-bond acceptors (Lipinski definition) is 15. The highest BCUT2D eigenvalue weighted by Gasteiger charge is 2.46. The van der Waals surface area contributed by atoms with Crippen LogP contribution in [0, 0.1) is 18.8 Å². The summed E-state index contributed by atoms with van der Waals surface area (Å²) in [6.07, 6.45) is 5.88. The summed E-state index contributed by atoms with van der Waals surface area (Å²) < 4.78 is 30.3. The SMILES string of the molecule is C=C1C=CC(=O)N1CCCCCC(=O)C[C@H](C(=O)N[C@@H](C)C(=O)Cc1ccc(COC(=O)N2c3cc(OCc4cc(OC)cc(COc5cc6c(cc5C)C(=O)N5Cc7ccccc7C[C@H]5C=N6)n4)c(OC)cc3C(=O)N3Cc4ccccc4C[C@H]3C2O)cc1)C(C)C. The molecule has 1 unspecified atom stereocenters. The van der Waals surface area contributed by atoms with E-state index in [1.165, 1.54) is 38.0 Å². The average Bonchev–Trinajstić information content (AvgIpc) is 1.64. The molecule has 93 heavy (non-hydrogen) atoms. The van der Waals surface area contributed by atoms with Crippen molar-refractivity contribution in [2.24, 2.45) is 16.8 Å². The number of ether oxygens (including phenoxy) is 5. The summed E-state index contributed by atoms with van der Waals surface area (Å²) in [5.74, 6) is -0.728. The lowest BCUT2D eigenvalue weighted by Crippen LogP contribution is -2.55. The summed E-state index contributed by atoms with van der Waals surface area (Å²) in [5.41, 5.74) is 8.82. The lowest BCUT2D eigenvalue weighted by Gasteiger charge is -2.39. The summed E-state index contributed by atoms with van der Waals surface area (Å²) in [5, 5.41) is 15.3. The maximum Gasteiger partial charge on any atom is 0.416 e. The highest BCUT2D eigenvalue weighted by Crippen LogP contribution is 2.43. The number of allylic oxidation sites excluding steroid dienone is 1. The lowest BCUT2D eigenvalue weighted by molar-refractivity contribution is -0.133. The first kappa shape index (κ1) is 64.6. The molecule has 5 aliphatic rings. The van der Waals surface area contributed by atoms with Gasteiger partial charge in [0.05, 0.1) is 66.2 Å². The van der Waals surface area contributed by atoms with Gasteiger partial charge in [-0.25, -0.2) is 9.69 Å². The summed E-state index contributed by atoms with van der Waals surface area (Å²) in [7, 11) is 2.97. The zero-order valence-electron chi connectivity index (χ0n) is 53.2. The molecule has 11 rings (SSSR count). The summed E-state index contributed by atoms with van der Waals surface area (Å²) >= 11 is 0. The normalized spacial score (nSPS) is 17.7. The fraction of sp³-hybridized carbons (Fsp3) is 0.356. The van der Waals surface area contributed by atoms with Gasteiger partial charge in [0.15, 0.2) is 23.5 Å². The number of unbranched alkanes of at least 4 members (excludes halogenated alkanes) is 2. The molecule has 0 radical (unpaired) electrons. The smallest absolute Gasteiger partial charge is 0.416 e. The molecule has 482 valence electrons. The minimum absolute atomic E-state index is 0.00468. The van der Waals surface area contributed by atoms with Crippen molar-refractivity contribution >= 4 is 58.9 Å². The molecule has 5 atom stereocenters. The molecule has 6 aromatic rings. The molecule has 20 heteroatoms. The molecule has 5 aliphatic heterocycles. The second-order valence-corrected chi connectivity index (χ2v) is 24.7. The number of amides is 5. The van der Waals surface area contributed by atoms with Crippen molar-refractivity contribution in [3.63, 3.8) is 0 Å². The van der Waals surface area contributed by atoms with Crippen LogP contribution in [-0.4, -0.2) is 117 Å². The van der Waals surface area contributed by atoms with E-state index in [1.54, 1.807) is 65.3 Å². The van der Waals surface area contributed by atoms with Gasteiger partial charge in [-0.15, -0.1) is 0 Å². The number of hydrogen-bond donors (Lipinski definition) is 2. The number of benzene rings is 5. The van der Waals surface area contributed by atoms with E-state index in [4.69, 9.17) is 33.7 Å². The summed E-state index contributed by atoms with van der Waals surface area (Å²) in [6.45, 7) is 12.0. The van der Waals surface area contributed by atoms with Crippen LogP contribution in [0.4, 0.5) is 16.2 Å². The average molecular weight is 1260 g/mol. The Morgan fingerprint density at radius 2 is 1.37 bits per heavy atom. The van der Waals surface area contributed by atoms with Crippen molar-refractivity contribution in [2.45, 2.75) is 136 Å².